The summed E-state index contributed by atoms with van der Waals surface area (Å²) in [6, 6.07) is 4.67. The van der Waals surface area contributed by atoms with Crippen LogP contribution in [0.4, 0.5) is 5.69 Å². The van der Waals surface area contributed by atoms with Crippen LogP contribution in [-0.2, 0) is 9.59 Å². The normalized spacial score (nSPS) is 23.3. The number of carbonyl (C=O) groups is 2. The van der Waals surface area contributed by atoms with Gasteiger partial charge in [0.2, 0.25) is 5.91 Å². The molecule has 0 bridgehead atoms. The topological polar surface area (TPSA) is 49.4 Å². The van der Waals surface area contributed by atoms with Crippen molar-refractivity contribution in [1.29, 1.82) is 0 Å². The van der Waals surface area contributed by atoms with Gasteiger partial charge in [0.25, 0.3) is 5.91 Å². The summed E-state index contributed by atoms with van der Waals surface area (Å²) in [5.41, 5.74) is 0.438. The van der Waals surface area contributed by atoms with Crippen LogP contribution < -0.4 is 10.2 Å². The zero-order chi connectivity index (χ0) is 13.6. The van der Waals surface area contributed by atoms with Crippen LogP contribution in [0.25, 0.3) is 0 Å². The molecule has 1 aliphatic carbocycles. The van der Waals surface area contributed by atoms with E-state index >= 15 is 0 Å². The molecule has 100 valence electrons. The minimum Gasteiger partial charge on any atom is -0.303 e. The first kappa shape index (κ1) is 12.9. The zero-order valence-corrected chi connectivity index (χ0v) is 11.5. The predicted octanol–water partition coefficient (Wildman–Crippen LogP) is 2.38. The lowest BCUT2D eigenvalue weighted by atomic mass is 10.2. The lowest BCUT2D eigenvalue weighted by Crippen LogP contribution is -2.39. The summed E-state index contributed by atoms with van der Waals surface area (Å²) in [6.07, 6.45) is 2.33. The quantitative estimate of drug-likeness (QED) is 0.872. The summed E-state index contributed by atoms with van der Waals surface area (Å²) in [4.78, 5) is 25.4. The average molecular weight is 299 g/mol. The Labute approximate surface area is 120 Å². The smallest absolute Gasteiger partial charge is 0.251 e. The molecule has 2 aliphatic rings. The summed E-state index contributed by atoms with van der Waals surface area (Å²) >= 11 is 11.8. The van der Waals surface area contributed by atoms with Gasteiger partial charge in [-0.3, -0.25) is 9.59 Å². The molecule has 1 atom stereocenters. The Morgan fingerprint density at radius 3 is 2.32 bits per heavy atom. The third-order valence-electron chi connectivity index (χ3n) is 3.27. The highest BCUT2D eigenvalue weighted by atomic mass is 35.5. The molecule has 0 aromatic heterocycles. The fourth-order valence-corrected chi connectivity index (χ4v) is 2.75. The molecule has 1 saturated carbocycles. The maximum absolute atomic E-state index is 12.3. The highest BCUT2D eigenvalue weighted by Gasteiger charge is 2.41. The maximum atomic E-state index is 12.3. The monoisotopic (exact) mass is 298 g/mol. The van der Waals surface area contributed by atoms with Crippen molar-refractivity contribution in [1.82, 2.24) is 5.32 Å². The number of rotatable bonds is 3. The Morgan fingerprint density at radius 1 is 1.11 bits per heavy atom. The third kappa shape index (κ3) is 2.61. The standard InChI is InChI=1S/C13H12Cl2N2O2/c14-7-3-8(15)5-10(4-7)17-12(18)6-11(13(17)19)16-9-1-2-9/h3-5,9,11,16H,1-2,6H2. The lowest BCUT2D eigenvalue weighted by molar-refractivity contribution is -0.121. The Kier molecular flexibility index (Phi) is 3.25. The van der Waals surface area contributed by atoms with Gasteiger partial charge in [0.1, 0.15) is 0 Å². The molecule has 1 saturated heterocycles. The number of imide groups is 1. The van der Waals surface area contributed by atoms with E-state index in [4.69, 9.17) is 23.2 Å². The SMILES string of the molecule is O=C1CC(NC2CC2)C(=O)N1c1cc(Cl)cc(Cl)c1. The molecule has 2 fully saturated rings. The molecule has 0 spiro atoms. The first-order valence-electron chi connectivity index (χ1n) is 6.13. The van der Waals surface area contributed by atoms with Crippen molar-refractivity contribution in [3.8, 4) is 0 Å². The molecule has 1 aliphatic heterocycles. The number of nitrogens with zero attached hydrogens (tertiary/aromatic N) is 1. The summed E-state index contributed by atoms with van der Waals surface area (Å²) < 4.78 is 0. The molecule has 4 nitrogen and oxygen atoms in total. The van der Waals surface area contributed by atoms with Crippen molar-refractivity contribution in [3.05, 3.63) is 28.2 Å². The highest BCUT2D eigenvalue weighted by Crippen LogP contribution is 2.30. The molecular weight excluding hydrogens is 287 g/mol. The predicted molar refractivity (Wildman–Crippen MR) is 73.5 cm³/mol. The van der Waals surface area contributed by atoms with Crippen LogP contribution in [0.3, 0.4) is 0 Å². The van der Waals surface area contributed by atoms with Crippen LogP contribution in [0, 0.1) is 0 Å². The summed E-state index contributed by atoms with van der Waals surface area (Å²) in [5.74, 6) is -0.447. The summed E-state index contributed by atoms with van der Waals surface area (Å²) in [7, 11) is 0. The molecule has 1 aromatic carbocycles. The largest absolute Gasteiger partial charge is 0.303 e. The average Bonchev–Trinajstić information content (AvgIpc) is 3.06. The van der Waals surface area contributed by atoms with Crippen molar-refractivity contribution in [2.75, 3.05) is 4.90 Å². The Bertz CT molecular complexity index is 537. The maximum Gasteiger partial charge on any atom is 0.251 e. The molecule has 3 rings (SSSR count). The van der Waals surface area contributed by atoms with Gasteiger partial charge >= 0.3 is 0 Å². The van der Waals surface area contributed by atoms with Crippen LogP contribution in [0.1, 0.15) is 19.3 Å². The van der Waals surface area contributed by atoms with E-state index < -0.39 is 6.04 Å². The second kappa shape index (κ2) is 4.78. The van der Waals surface area contributed by atoms with Gasteiger partial charge in [-0.1, -0.05) is 23.2 Å². The number of benzene rings is 1. The Hall–Kier alpha value is -1.10. The fourth-order valence-electron chi connectivity index (χ4n) is 2.24. The molecule has 1 heterocycles. The molecule has 1 aromatic rings. The van der Waals surface area contributed by atoms with E-state index in [1.54, 1.807) is 18.2 Å². The number of carbonyl (C=O) groups excluding carboxylic acids is 2. The molecule has 19 heavy (non-hydrogen) atoms. The minimum atomic E-state index is -0.419. The second-order valence-corrected chi connectivity index (χ2v) is 5.77. The van der Waals surface area contributed by atoms with E-state index in [0.29, 0.717) is 21.8 Å². The summed E-state index contributed by atoms with van der Waals surface area (Å²) in [5, 5.41) is 3.99. The molecule has 6 heteroatoms. The van der Waals surface area contributed by atoms with Crippen molar-refractivity contribution in [3.63, 3.8) is 0 Å². The zero-order valence-electron chi connectivity index (χ0n) is 10.0. The van der Waals surface area contributed by atoms with Crippen molar-refractivity contribution < 1.29 is 9.59 Å². The number of halogens is 2. The van der Waals surface area contributed by atoms with E-state index in [1.807, 2.05) is 0 Å². The van der Waals surface area contributed by atoms with Crippen LogP contribution >= 0.6 is 23.2 Å². The van der Waals surface area contributed by atoms with Gasteiger partial charge in [-0.05, 0) is 31.0 Å². The Balaban J connectivity index is 1.86. The molecule has 1 unspecified atom stereocenters. The van der Waals surface area contributed by atoms with Crippen molar-refractivity contribution in [2.45, 2.75) is 31.3 Å². The van der Waals surface area contributed by atoms with Crippen molar-refractivity contribution in [2.24, 2.45) is 0 Å². The van der Waals surface area contributed by atoms with Crippen LogP contribution in [-0.4, -0.2) is 23.9 Å². The van der Waals surface area contributed by atoms with Gasteiger partial charge in [0.05, 0.1) is 18.2 Å². The van der Waals surface area contributed by atoms with E-state index in [2.05, 4.69) is 5.32 Å². The Morgan fingerprint density at radius 2 is 1.74 bits per heavy atom. The minimum absolute atomic E-state index is 0.194. The summed E-state index contributed by atoms with van der Waals surface area (Å²) in [6.45, 7) is 0. The van der Waals surface area contributed by atoms with Gasteiger partial charge in [-0.25, -0.2) is 4.90 Å². The van der Waals surface area contributed by atoms with E-state index in [0.717, 1.165) is 17.7 Å². The number of hydrogen-bond donors (Lipinski definition) is 1. The highest BCUT2D eigenvalue weighted by molar-refractivity contribution is 6.35. The van der Waals surface area contributed by atoms with Gasteiger partial charge < -0.3 is 5.32 Å². The van der Waals surface area contributed by atoms with Crippen LogP contribution in [0.5, 0.6) is 0 Å². The van der Waals surface area contributed by atoms with Gasteiger partial charge in [-0.15, -0.1) is 0 Å². The lowest BCUT2D eigenvalue weighted by Gasteiger charge is -2.16. The first-order valence-corrected chi connectivity index (χ1v) is 6.89. The van der Waals surface area contributed by atoms with Crippen molar-refractivity contribution >= 4 is 40.7 Å². The molecular formula is C13H12Cl2N2O2. The van der Waals surface area contributed by atoms with E-state index in [-0.39, 0.29) is 18.2 Å². The van der Waals surface area contributed by atoms with Crippen LogP contribution in [0.2, 0.25) is 10.0 Å². The molecule has 0 radical (unpaired) electrons. The first-order chi connectivity index (χ1) is 9.04. The number of anilines is 1. The number of amides is 2. The van der Waals surface area contributed by atoms with E-state index in [1.165, 1.54) is 0 Å². The fraction of sp³-hybridized carbons (Fsp3) is 0.385. The van der Waals surface area contributed by atoms with Gasteiger partial charge in [0, 0.05) is 16.1 Å². The van der Waals surface area contributed by atoms with Gasteiger partial charge in [-0.2, -0.15) is 0 Å². The number of hydrogen-bond acceptors (Lipinski definition) is 3. The second-order valence-electron chi connectivity index (χ2n) is 4.89. The molecule has 2 amide bonds. The van der Waals surface area contributed by atoms with Gasteiger partial charge in [0.15, 0.2) is 0 Å². The van der Waals surface area contributed by atoms with Crippen LogP contribution in [0.15, 0.2) is 18.2 Å². The van der Waals surface area contributed by atoms with E-state index in [9.17, 15) is 9.59 Å². The third-order valence-corrected chi connectivity index (χ3v) is 3.70. The molecule has 1 N–H and O–H groups in total. The number of nitrogens with one attached hydrogen (secondary N) is 1.